The number of rotatable bonds is 3. The van der Waals surface area contributed by atoms with Crippen LogP contribution in [-0.2, 0) is 0 Å². The third-order valence-corrected chi connectivity index (χ3v) is 3.97. The Morgan fingerprint density at radius 2 is 2.26 bits per heavy atom. The van der Waals surface area contributed by atoms with E-state index in [9.17, 15) is 9.59 Å². The predicted molar refractivity (Wildman–Crippen MR) is 86.7 cm³/mol. The zero-order chi connectivity index (χ0) is 16.4. The molecule has 3 heterocycles. The summed E-state index contributed by atoms with van der Waals surface area (Å²) < 4.78 is 0. The first-order valence-electron chi connectivity index (χ1n) is 7.52. The first-order valence-corrected chi connectivity index (χ1v) is 7.52. The summed E-state index contributed by atoms with van der Waals surface area (Å²) in [6.07, 6.45) is 4.02. The lowest BCUT2D eigenvalue weighted by molar-refractivity contribution is 0.0790. The Kier molecular flexibility index (Phi) is 4.10. The quantitative estimate of drug-likeness (QED) is 0.909. The van der Waals surface area contributed by atoms with Crippen molar-refractivity contribution >= 4 is 11.9 Å². The number of amides is 1. The second-order valence-electron chi connectivity index (χ2n) is 5.87. The molecule has 0 aliphatic carbocycles. The molecule has 2 aromatic rings. The van der Waals surface area contributed by atoms with E-state index in [-0.39, 0.29) is 17.4 Å². The van der Waals surface area contributed by atoms with Gasteiger partial charge in [-0.1, -0.05) is 0 Å². The minimum atomic E-state index is -0.171. The number of hydrogen-bond donors (Lipinski definition) is 1. The maximum Gasteiger partial charge on any atom is 0.255 e. The van der Waals surface area contributed by atoms with Gasteiger partial charge < -0.3 is 9.80 Å². The van der Waals surface area contributed by atoms with Crippen LogP contribution in [0.1, 0.15) is 28.4 Å². The van der Waals surface area contributed by atoms with E-state index in [0.717, 1.165) is 12.1 Å². The molecule has 7 nitrogen and oxygen atoms in total. The van der Waals surface area contributed by atoms with E-state index in [4.69, 9.17) is 0 Å². The molecule has 120 valence electrons. The van der Waals surface area contributed by atoms with Gasteiger partial charge in [0.25, 0.3) is 11.5 Å². The average Bonchev–Trinajstić information content (AvgIpc) is 3.04. The van der Waals surface area contributed by atoms with E-state index in [1.54, 1.807) is 34.3 Å². The summed E-state index contributed by atoms with van der Waals surface area (Å²) in [5.41, 5.74) is 1.15. The van der Waals surface area contributed by atoms with Crippen LogP contribution in [0.25, 0.3) is 0 Å². The maximum absolute atomic E-state index is 12.5. The Labute approximate surface area is 134 Å². The van der Waals surface area contributed by atoms with Crippen molar-refractivity contribution in [2.24, 2.45) is 0 Å². The number of aromatic nitrogens is 3. The van der Waals surface area contributed by atoms with Crippen molar-refractivity contribution < 1.29 is 4.79 Å². The lowest BCUT2D eigenvalue weighted by Gasteiger charge is -2.17. The van der Waals surface area contributed by atoms with E-state index in [2.05, 4.69) is 15.0 Å². The summed E-state index contributed by atoms with van der Waals surface area (Å²) in [5.74, 6) is 0.583. The molecule has 7 heteroatoms. The Morgan fingerprint density at radius 1 is 1.43 bits per heavy atom. The molecule has 23 heavy (non-hydrogen) atoms. The van der Waals surface area contributed by atoms with Crippen LogP contribution in [0.3, 0.4) is 0 Å². The fourth-order valence-electron chi connectivity index (χ4n) is 2.74. The lowest BCUT2D eigenvalue weighted by atomic mass is 10.1. The highest BCUT2D eigenvalue weighted by Gasteiger charge is 2.29. The molecule has 3 rings (SSSR count). The normalized spacial score (nSPS) is 17.3. The van der Waals surface area contributed by atoms with Crippen LogP contribution in [0.2, 0.25) is 0 Å². The van der Waals surface area contributed by atoms with Crippen LogP contribution in [0.4, 0.5) is 5.95 Å². The minimum Gasteiger partial charge on any atom is -0.348 e. The number of carbonyl (C=O) groups is 1. The van der Waals surface area contributed by atoms with E-state index in [1.807, 2.05) is 14.1 Å². The van der Waals surface area contributed by atoms with E-state index >= 15 is 0 Å². The van der Waals surface area contributed by atoms with Gasteiger partial charge in [-0.05, 0) is 18.6 Å². The van der Waals surface area contributed by atoms with Gasteiger partial charge in [0.1, 0.15) is 0 Å². The standard InChI is InChI=1S/C16H19N5O2/c1-20(2)16-18-13(8-14(22)19-16)12-5-7-21(10-12)15(23)11-4-3-6-17-9-11/h3-4,6,8-9,12H,5,7,10H2,1-2H3,(H,18,19,22)/t12-/m1/s1. The number of nitrogens with zero attached hydrogens (tertiary/aromatic N) is 4. The van der Waals surface area contributed by atoms with Crippen LogP contribution in [0.5, 0.6) is 0 Å². The fourth-order valence-corrected chi connectivity index (χ4v) is 2.74. The van der Waals surface area contributed by atoms with E-state index in [1.165, 1.54) is 6.07 Å². The van der Waals surface area contributed by atoms with Crippen LogP contribution in [0.15, 0.2) is 35.4 Å². The van der Waals surface area contributed by atoms with E-state index in [0.29, 0.717) is 24.6 Å². The topological polar surface area (TPSA) is 82.2 Å². The Hall–Kier alpha value is -2.70. The fraction of sp³-hybridized carbons (Fsp3) is 0.375. The summed E-state index contributed by atoms with van der Waals surface area (Å²) in [6, 6.07) is 5.04. The van der Waals surface area contributed by atoms with Crippen LogP contribution < -0.4 is 10.5 Å². The largest absolute Gasteiger partial charge is 0.348 e. The Morgan fingerprint density at radius 3 is 2.96 bits per heavy atom. The summed E-state index contributed by atoms with van der Waals surface area (Å²) in [4.78, 5) is 39.0. The molecule has 0 radical (unpaired) electrons. The number of likely N-dealkylation sites (tertiary alicyclic amines) is 1. The third-order valence-electron chi connectivity index (χ3n) is 3.97. The van der Waals surface area contributed by atoms with Crippen molar-refractivity contribution in [3.05, 3.63) is 52.2 Å². The number of anilines is 1. The van der Waals surface area contributed by atoms with Gasteiger partial charge in [0.05, 0.1) is 11.3 Å². The number of carbonyl (C=O) groups excluding carboxylic acids is 1. The molecule has 1 amide bonds. The van der Waals surface area contributed by atoms with Gasteiger partial charge in [-0.2, -0.15) is 0 Å². The van der Waals surface area contributed by atoms with Crippen molar-refractivity contribution in [1.29, 1.82) is 0 Å². The molecule has 1 aliphatic rings. The molecular weight excluding hydrogens is 294 g/mol. The van der Waals surface area contributed by atoms with E-state index < -0.39 is 0 Å². The van der Waals surface area contributed by atoms with Gasteiger partial charge in [0.15, 0.2) is 0 Å². The van der Waals surface area contributed by atoms with Crippen molar-refractivity contribution in [2.75, 3.05) is 32.1 Å². The van der Waals surface area contributed by atoms with Gasteiger partial charge in [0.2, 0.25) is 5.95 Å². The smallest absolute Gasteiger partial charge is 0.255 e. The minimum absolute atomic E-state index is 0.0294. The lowest BCUT2D eigenvalue weighted by Crippen LogP contribution is -2.29. The molecule has 0 spiro atoms. The Balaban J connectivity index is 1.78. The second-order valence-corrected chi connectivity index (χ2v) is 5.87. The zero-order valence-corrected chi connectivity index (χ0v) is 13.2. The summed E-state index contributed by atoms with van der Waals surface area (Å²) in [6.45, 7) is 1.22. The van der Waals surface area contributed by atoms with Gasteiger partial charge in [-0.15, -0.1) is 0 Å². The van der Waals surface area contributed by atoms with Crippen molar-refractivity contribution in [1.82, 2.24) is 19.9 Å². The molecule has 1 saturated heterocycles. The van der Waals surface area contributed by atoms with Crippen LogP contribution >= 0.6 is 0 Å². The molecule has 1 aliphatic heterocycles. The predicted octanol–water partition coefficient (Wildman–Crippen LogP) is 0.861. The highest BCUT2D eigenvalue weighted by molar-refractivity contribution is 5.94. The van der Waals surface area contributed by atoms with Gasteiger partial charge >= 0.3 is 0 Å². The van der Waals surface area contributed by atoms with Gasteiger partial charge in [-0.25, -0.2) is 4.98 Å². The SMILES string of the molecule is CN(C)c1nc([C@@H]2CCN(C(=O)c3cccnc3)C2)cc(=O)[nH]1. The highest BCUT2D eigenvalue weighted by Crippen LogP contribution is 2.26. The molecule has 0 unspecified atom stereocenters. The van der Waals surface area contributed by atoms with Crippen molar-refractivity contribution in [3.63, 3.8) is 0 Å². The number of hydrogen-bond acceptors (Lipinski definition) is 5. The molecule has 1 N–H and O–H groups in total. The summed E-state index contributed by atoms with van der Waals surface area (Å²) in [5, 5.41) is 0. The number of nitrogens with one attached hydrogen (secondary N) is 1. The molecule has 0 saturated carbocycles. The van der Waals surface area contributed by atoms with Crippen LogP contribution in [-0.4, -0.2) is 52.9 Å². The highest BCUT2D eigenvalue weighted by atomic mass is 16.2. The second kappa shape index (κ2) is 6.20. The molecule has 1 atom stereocenters. The maximum atomic E-state index is 12.5. The molecule has 0 aromatic carbocycles. The molecule has 1 fully saturated rings. The first kappa shape index (κ1) is 15.2. The average molecular weight is 313 g/mol. The molecule has 0 bridgehead atoms. The first-order chi connectivity index (χ1) is 11.0. The van der Waals surface area contributed by atoms with Crippen molar-refractivity contribution in [2.45, 2.75) is 12.3 Å². The number of H-pyrrole nitrogens is 1. The Bertz CT molecular complexity index is 757. The van der Waals surface area contributed by atoms with Crippen molar-refractivity contribution in [3.8, 4) is 0 Å². The summed E-state index contributed by atoms with van der Waals surface area (Å²) in [7, 11) is 3.66. The zero-order valence-electron chi connectivity index (χ0n) is 13.2. The monoisotopic (exact) mass is 313 g/mol. The number of aromatic amines is 1. The molecular formula is C16H19N5O2. The number of pyridine rings is 1. The van der Waals surface area contributed by atoms with Gasteiger partial charge in [-0.3, -0.25) is 19.6 Å². The van der Waals surface area contributed by atoms with Gasteiger partial charge in [0, 0.05) is 51.6 Å². The van der Waals surface area contributed by atoms with Crippen LogP contribution in [0, 0.1) is 0 Å². The third kappa shape index (κ3) is 3.23. The molecule has 2 aromatic heterocycles. The summed E-state index contributed by atoms with van der Waals surface area (Å²) >= 11 is 0.